The van der Waals surface area contributed by atoms with Gasteiger partial charge in [-0.1, -0.05) is 23.6 Å². The Balaban J connectivity index is 3.02. The van der Waals surface area contributed by atoms with Crippen LogP contribution in [0, 0.1) is 23.2 Å². The number of thioether (sulfide) groups is 1. The Morgan fingerprint density at radius 3 is 2.47 bits per heavy atom. The first kappa shape index (κ1) is 15.1. The summed E-state index contributed by atoms with van der Waals surface area (Å²) in [6.07, 6.45) is -4.52. The fourth-order valence-electron chi connectivity index (χ4n) is 1.20. The van der Waals surface area contributed by atoms with E-state index < -0.39 is 11.7 Å². The van der Waals surface area contributed by atoms with E-state index in [2.05, 4.69) is 11.8 Å². The van der Waals surface area contributed by atoms with Crippen LogP contribution < -0.4 is 0 Å². The van der Waals surface area contributed by atoms with Gasteiger partial charge in [-0.3, -0.25) is 4.79 Å². The minimum atomic E-state index is -4.52. The van der Waals surface area contributed by atoms with Gasteiger partial charge in [0.1, 0.15) is 0 Å². The van der Waals surface area contributed by atoms with Crippen molar-refractivity contribution < 1.29 is 18.0 Å². The average Bonchev–Trinajstić information content (AvgIpc) is 2.33. The summed E-state index contributed by atoms with van der Waals surface area (Å²) in [5.41, 5.74) is -0.899. The SMILES string of the molecule is CC(=O)SCC#Cc1cc(C#N)cc(C(F)(F)F)c1. The molecule has 0 spiro atoms. The number of benzene rings is 1. The summed E-state index contributed by atoms with van der Waals surface area (Å²) in [4.78, 5) is 10.6. The third-order valence-corrected chi connectivity index (χ3v) is 2.66. The van der Waals surface area contributed by atoms with E-state index in [0.717, 1.165) is 23.9 Å². The average molecular weight is 283 g/mol. The number of rotatable bonds is 1. The summed E-state index contributed by atoms with van der Waals surface area (Å²) in [5.74, 6) is 5.29. The topological polar surface area (TPSA) is 40.9 Å². The summed E-state index contributed by atoms with van der Waals surface area (Å²) in [5, 5.41) is 8.57. The predicted molar refractivity (Wildman–Crippen MR) is 66.2 cm³/mol. The Bertz CT molecular complexity index is 591. The molecule has 0 aliphatic carbocycles. The normalized spacial score (nSPS) is 10.3. The zero-order valence-electron chi connectivity index (χ0n) is 9.84. The van der Waals surface area contributed by atoms with Gasteiger partial charge in [0.15, 0.2) is 5.12 Å². The van der Waals surface area contributed by atoms with Crippen LogP contribution in [0.25, 0.3) is 0 Å². The lowest BCUT2D eigenvalue weighted by Gasteiger charge is -2.07. The van der Waals surface area contributed by atoms with Crippen molar-refractivity contribution in [2.75, 3.05) is 5.75 Å². The maximum atomic E-state index is 12.6. The standard InChI is InChI=1S/C13H8F3NOS/c1-9(18)19-4-2-3-10-5-11(8-17)7-12(6-10)13(14,15)16/h5-7H,4H2,1H3. The molecule has 0 aliphatic rings. The van der Waals surface area contributed by atoms with Crippen molar-refractivity contribution in [1.82, 2.24) is 0 Å². The number of carbonyl (C=O) groups excluding carboxylic acids is 1. The van der Waals surface area contributed by atoms with Crippen molar-refractivity contribution >= 4 is 16.9 Å². The Kier molecular flexibility index (Phi) is 5.02. The van der Waals surface area contributed by atoms with Gasteiger partial charge in [-0.15, -0.1) is 0 Å². The molecule has 0 N–H and O–H groups in total. The Hall–Kier alpha value is -1.92. The monoisotopic (exact) mass is 283 g/mol. The molecular weight excluding hydrogens is 275 g/mol. The molecule has 6 heteroatoms. The maximum absolute atomic E-state index is 12.6. The molecule has 1 rings (SSSR count). The quantitative estimate of drug-likeness (QED) is 0.743. The Morgan fingerprint density at radius 1 is 1.32 bits per heavy atom. The molecule has 0 saturated heterocycles. The van der Waals surface area contributed by atoms with Crippen molar-refractivity contribution in [3.8, 4) is 17.9 Å². The molecule has 98 valence electrons. The lowest BCUT2D eigenvalue weighted by Crippen LogP contribution is -2.05. The van der Waals surface area contributed by atoms with E-state index in [0.29, 0.717) is 0 Å². The summed E-state index contributed by atoms with van der Waals surface area (Å²) in [6, 6.07) is 4.59. The molecule has 0 aliphatic heterocycles. The largest absolute Gasteiger partial charge is 0.416 e. The van der Waals surface area contributed by atoms with Crippen molar-refractivity contribution in [3.63, 3.8) is 0 Å². The Labute approximate surface area is 112 Å². The van der Waals surface area contributed by atoms with Crippen LogP contribution >= 0.6 is 11.8 Å². The fraction of sp³-hybridized carbons (Fsp3) is 0.231. The molecule has 0 unspecified atom stereocenters. The fourth-order valence-corrected chi connectivity index (χ4v) is 1.55. The van der Waals surface area contributed by atoms with Crippen LogP contribution in [0.1, 0.15) is 23.6 Å². The lowest BCUT2D eigenvalue weighted by atomic mass is 10.1. The molecule has 0 bridgehead atoms. The van der Waals surface area contributed by atoms with Gasteiger partial charge in [0.05, 0.1) is 22.9 Å². The van der Waals surface area contributed by atoms with Crippen molar-refractivity contribution in [1.29, 1.82) is 5.26 Å². The van der Waals surface area contributed by atoms with Gasteiger partial charge in [0.25, 0.3) is 0 Å². The third kappa shape index (κ3) is 5.07. The van der Waals surface area contributed by atoms with Gasteiger partial charge in [0, 0.05) is 12.5 Å². The second-order valence-electron chi connectivity index (χ2n) is 3.49. The number of nitriles is 1. The zero-order valence-corrected chi connectivity index (χ0v) is 10.7. The highest BCUT2D eigenvalue weighted by Crippen LogP contribution is 2.30. The third-order valence-electron chi connectivity index (χ3n) is 1.97. The molecular formula is C13H8F3NOS. The Morgan fingerprint density at radius 2 is 1.95 bits per heavy atom. The van der Waals surface area contributed by atoms with Gasteiger partial charge in [-0.25, -0.2) is 0 Å². The second kappa shape index (κ2) is 6.31. The van der Waals surface area contributed by atoms with Gasteiger partial charge >= 0.3 is 6.18 Å². The molecule has 0 heterocycles. The number of nitrogens with zero attached hydrogens (tertiary/aromatic N) is 1. The number of hydrogen-bond acceptors (Lipinski definition) is 3. The minimum absolute atomic E-state index is 0.0988. The number of alkyl halides is 3. The van der Waals surface area contributed by atoms with E-state index in [4.69, 9.17) is 5.26 Å². The zero-order chi connectivity index (χ0) is 14.5. The lowest BCUT2D eigenvalue weighted by molar-refractivity contribution is -0.137. The molecule has 2 nitrogen and oxygen atoms in total. The van der Waals surface area contributed by atoms with Crippen LogP contribution in [-0.2, 0) is 11.0 Å². The number of halogens is 3. The smallest absolute Gasteiger partial charge is 0.288 e. The van der Waals surface area contributed by atoms with Crippen molar-refractivity contribution in [2.45, 2.75) is 13.1 Å². The van der Waals surface area contributed by atoms with E-state index in [-0.39, 0.29) is 22.0 Å². The highest BCUT2D eigenvalue weighted by molar-refractivity contribution is 8.13. The van der Waals surface area contributed by atoms with Crippen LogP contribution in [0.4, 0.5) is 13.2 Å². The summed E-state index contributed by atoms with van der Waals surface area (Å²) in [7, 11) is 0. The molecule has 1 aromatic carbocycles. The van der Waals surface area contributed by atoms with E-state index in [1.54, 1.807) is 6.07 Å². The molecule has 0 aromatic heterocycles. The number of hydrogen-bond donors (Lipinski definition) is 0. The predicted octanol–water partition coefficient (Wildman–Crippen LogP) is 3.21. The highest BCUT2D eigenvalue weighted by atomic mass is 32.2. The van der Waals surface area contributed by atoms with E-state index in [9.17, 15) is 18.0 Å². The van der Waals surface area contributed by atoms with Crippen LogP contribution in [-0.4, -0.2) is 10.9 Å². The van der Waals surface area contributed by atoms with Crippen LogP contribution in [0.3, 0.4) is 0 Å². The first-order chi connectivity index (χ1) is 8.82. The first-order valence-corrected chi connectivity index (χ1v) is 6.06. The van der Waals surface area contributed by atoms with Gasteiger partial charge in [-0.2, -0.15) is 18.4 Å². The van der Waals surface area contributed by atoms with E-state index >= 15 is 0 Å². The van der Waals surface area contributed by atoms with Gasteiger partial charge in [0.2, 0.25) is 0 Å². The first-order valence-electron chi connectivity index (χ1n) is 5.07. The van der Waals surface area contributed by atoms with E-state index in [1.807, 2.05) is 0 Å². The van der Waals surface area contributed by atoms with Gasteiger partial charge in [-0.05, 0) is 18.2 Å². The van der Waals surface area contributed by atoms with Gasteiger partial charge < -0.3 is 0 Å². The molecule has 1 aromatic rings. The van der Waals surface area contributed by atoms with E-state index in [1.165, 1.54) is 13.0 Å². The summed E-state index contributed by atoms with van der Waals surface area (Å²) >= 11 is 0.970. The second-order valence-corrected chi connectivity index (χ2v) is 4.64. The summed E-state index contributed by atoms with van der Waals surface area (Å²) < 4.78 is 37.7. The van der Waals surface area contributed by atoms with Crippen molar-refractivity contribution in [3.05, 3.63) is 34.9 Å². The maximum Gasteiger partial charge on any atom is 0.416 e. The summed E-state index contributed by atoms with van der Waals surface area (Å²) in [6.45, 7) is 1.38. The van der Waals surface area contributed by atoms with Crippen LogP contribution in [0.2, 0.25) is 0 Å². The molecule has 19 heavy (non-hydrogen) atoms. The highest BCUT2D eigenvalue weighted by Gasteiger charge is 2.31. The molecule has 0 atom stereocenters. The molecule has 0 saturated carbocycles. The minimum Gasteiger partial charge on any atom is -0.288 e. The van der Waals surface area contributed by atoms with Crippen LogP contribution in [0.5, 0.6) is 0 Å². The van der Waals surface area contributed by atoms with Crippen LogP contribution in [0.15, 0.2) is 18.2 Å². The number of carbonyl (C=O) groups is 1. The molecule has 0 fully saturated rings. The van der Waals surface area contributed by atoms with Crippen molar-refractivity contribution in [2.24, 2.45) is 0 Å². The molecule has 0 amide bonds. The molecule has 0 radical (unpaired) electrons.